The number of rotatable bonds is 3. The highest BCUT2D eigenvalue weighted by Crippen LogP contribution is 2.30. The van der Waals surface area contributed by atoms with E-state index in [1.165, 1.54) is 5.56 Å². The van der Waals surface area contributed by atoms with E-state index < -0.39 is 6.10 Å². The highest BCUT2D eigenvalue weighted by atomic mass is 16.7. The third-order valence-corrected chi connectivity index (χ3v) is 3.34. The van der Waals surface area contributed by atoms with Gasteiger partial charge in [0.2, 0.25) is 0 Å². The topological polar surface area (TPSA) is 38.3 Å². The molecule has 0 radical (unpaired) electrons. The Kier molecular flexibility index (Phi) is 3.29. The molecule has 1 N–H and O–H groups in total. The zero-order valence-corrected chi connectivity index (χ0v) is 10.5. The minimum atomic E-state index is -0.509. The van der Waals surface area contributed by atoms with Crippen molar-refractivity contribution in [3.63, 3.8) is 0 Å². The van der Waals surface area contributed by atoms with Crippen LogP contribution in [0.5, 0.6) is 0 Å². The maximum absolute atomic E-state index is 12.0. The van der Waals surface area contributed by atoms with E-state index in [9.17, 15) is 4.79 Å². The van der Waals surface area contributed by atoms with Crippen molar-refractivity contribution >= 4 is 11.5 Å². The first kappa shape index (κ1) is 11.9. The molecule has 1 atom stereocenters. The zero-order chi connectivity index (χ0) is 13.1. The summed E-state index contributed by atoms with van der Waals surface area (Å²) in [5.41, 5.74) is 5.88. The van der Waals surface area contributed by atoms with Gasteiger partial charge in [-0.25, -0.2) is 0 Å². The fraction of sp³-hybridized carbons (Fsp3) is 0.188. The van der Waals surface area contributed by atoms with E-state index in [-0.39, 0.29) is 5.78 Å². The molecule has 0 aliphatic heterocycles. The Morgan fingerprint density at radius 3 is 2.53 bits per heavy atom. The third-order valence-electron chi connectivity index (χ3n) is 3.34. The number of carbonyl (C=O) groups is 1. The molecule has 0 aromatic heterocycles. The molecule has 0 amide bonds. The number of carbonyl (C=O) groups excluding carboxylic acids is 1. The molecule has 2 aromatic carbocycles. The summed E-state index contributed by atoms with van der Waals surface area (Å²) in [6.45, 7) is 0. The lowest BCUT2D eigenvalue weighted by Crippen LogP contribution is -2.24. The van der Waals surface area contributed by atoms with Gasteiger partial charge in [0.05, 0.1) is 5.69 Å². The molecule has 3 rings (SSSR count). The van der Waals surface area contributed by atoms with Crippen molar-refractivity contribution in [1.29, 1.82) is 0 Å². The summed E-state index contributed by atoms with van der Waals surface area (Å²) < 4.78 is 0. The van der Waals surface area contributed by atoms with E-state index in [1.54, 1.807) is 0 Å². The Bertz CT molecular complexity index is 580. The number of anilines is 1. The van der Waals surface area contributed by atoms with E-state index in [2.05, 4.69) is 11.5 Å². The van der Waals surface area contributed by atoms with Crippen LogP contribution in [0, 0.1) is 0 Å². The summed E-state index contributed by atoms with van der Waals surface area (Å²) >= 11 is 0. The van der Waals surface area contributed by atoms with Gasteiger partial charge in [-0.1, -0.05) is 42.5 Å². The molecule has 0 bridgehead atoms. The van der Waals surface area contributed by atoms with Gasteiger partial charge in [-0.3, -0.25) is 15.1 Å². The fourth-order valence-corrected chi connectivity index (χ4v) is 2.34. The van der Waals surface area contributed by atoms with Gasteiger partial charge >= 0.3 is 0 Å². The normalized spacial score (nSPS) is 17.9. The second kappa shape index (κ2) is 5.24. The number of fused-ring (bicyclic) bond motifs is 1. The number of benzene rings is 2. The molecule has 1 aliphatic carbocycles. The van der Waals surface area contributed by atoms with Crippen molar-refractivity contribution in [1.82, 2.24) is 0 Å². The first-order valence-corrected chi connectivity index (χ1v) is 6.42. The van der Waals surface area contributed by atoms with Gasteiger partial charge in [0, 0.05) is 6.42 Å². The molecule has 0 spiro atoms. The monoisotopic (exact) mass is 253 g/mol. The van der Waals surface area contributed by atoms with Crippen LogP contribution in [0.25, 0.3) is 0 Å². The van der Waals surface area contributed by atoms with Crippen LogP contribution in [0.15, 0.2) is 54.6 Å². The number of ketones is 1. The molecular weight excluding hydrogens is 238 g/mol. The van der Waals surface area contributed by atoms with Gasteiger partial charge in [0.1, 0.15) is 0 Å². The molecule has 3 heteroatoms. The largest absolute Gasteiger partial charge is 0.296 e. The SMILES string of the molecule is O=C1CCc2ccccc2C1ONc1ccccc1. The molecule has 0 saturated carbocycles. The second-order valence-electron chi connectivity index (χ2n) is 4.63. The van der Waals surface area contributed by atoms with Crippen LogP contribution in [-0.4, -0.2) is 5.78 Å². The van der Waals surface area contributed by atoms with Crippen LogP contribution in [-0.2, 0) is 16.1 Å². The van der Waals surface area contributed by atoms with Crippen molar-refractivity contribution in [3.8, 4) is 0 Å². The number of aryl methyl sites for hydroxylation is 1. The average Bonchev–Trinajstić information content (AvgIpc) is 2.47. The van der Waals surface area contributed by atoms with Crippen molar-refractivity contribution in [2.75, 3.05) is 5.48 Å². The lowest BCUT2D eigenvalue weighted by atomic mass is 9.89. The van der Waals surface area contributed by atoms with Crippen LogP contribution in [0.2, 0.25) is 0 Å². The van der Waals surface area contributed by atoms with Gasteiger partial charge in [-0.05, 0) is 29.7 Å². The van der Waals surface area contributed by atoms with E-state index in [0.29, 0.717) is 6.42 Å². The van der Waals surface area contributed by atoms with Crippen LogP contribution in [0.4, 0.5) is 5.69 Å². The summed E-state index contributed by atoms with van der Waals surface area (Å²) in [4.78, 5) is 17.6. The number of para-hydroxylation sites is 1. The summed E-state index contributed by atoms with van der Waals surface area (Å²) in [5, 5.41) is 0. The average molecular weight is 253 g/mol. The Balaban J connectivity index is 1.79. The molecule has 19 heavy (non-hydrogen) atoms. The van der Waals surface area contributed by atoms with Gasteiger partial charge in [0.25, 0.3) is 0 Å². The van der Waals surface area contributed by atoms with Crippen molar-refractivity contribution in [3.05, 3.63) is 65.7 Å². The first-order valence-electron chi connectivity index (χ1n) is 6.42. The molecule has 3 nitrogen and oxygen atoms in total. The fourth-order valence-electron chi connectivity index (χ4n) is 2.34. The third kappa shape index (κ3) is 2.51. The van der Waals surface area contributed by atoms with E-state index in [1.807, 2.05) is 48.5 Å². The summed E-state index contributed by atoms with van der Waals surface area (Å²) in [6, 6.07) is 17.5. The second-order valence-corrected chi connectivity index (χ2v) is 4.63. The molecular formula is C16H15NO2. The van der Waals surface area contributed by atoms with Crippen LogP contribution < -0.4 is 5.48 Å². The first-order chi connectivity index (χ1) is 9.34. The minimum Gasteiger partial charge on any atom is -0.296 e. The summed E-state index contributed by atoms with van der Waals surface area (Å²) in [6.07, 6.45) is 0.836. The van der Waals surface area contributed by atoms with Gasteiger partial charge in [-0.15, -0.1) is 0 Å². The number of hydrogen-bond donors (Lipinski definition) is 1. The number of Topliss-reactive ketones (excluding diaryl/α,β-unsaturated/α-hetero) is 1. The smallest absolute Gasteiger partial charge is 0.169 e. The highest BCUT2D eigenvalue weighted by molar-refractivity contribution is 5.86. The van der Waals surface area contributed by atoms with Gasteiger partial charge in [-0.2, -0.15) is 0 Å². The van der Waals surface area contributed by atoms with Crippen LogP contribution in [0.3, 0.4) is 0 Å². The van der Waals surface area contributed by atoms with Gasteiger partial charge < -0.3 is 0 Å². The quantitative estimate of drug-likeness (QED) is 0.853. The Labute approximate surface area is 112 Å². The van der Waals surface area contributed by atoms with Crippen molar-refractivity contribution in [2.24, 2.45) is 0 Å². The Morgan fingerprint density at radius 2 is 1.68 bits per heavy atom. The van der Waals surface area contributed by atoms with Crippen LogP contribution >= 0.6 is 0 Å². The molecule has 0 saturated heterocycles. The number of hydrogen-bond acceptors (Lipinski definition) is 3. The van der Waals surface area contributed by atoms with E-state index >= 15 is 0 Å². The predicted molar refractivity (Wildman–Crippen MR) is 73.7 cm³/mol. The van der Waals surface area contributed by atoms with E-state index in [0.717, 1.165) is 17.7 Å². The molecule has 96 valence electrons. The van der Waals surface area contributed by atoms with E-state index in [4.69, 9.17) is 4.84 Å². The Hall–Kier alpha value is -2.13. The zero-order valence-electron chi connectivity index (χ0n) is 10.5. The van der Waals surface area contributed by atoms with Crippen molar-refractivity contribution in [2.45, 2.75) is 18.9 Å². The lowest BCUT2D eigenvalue weighted by molar-refractivity contribution is -0.130. The predicted octanol–water partition coefficient (Wildman–Crippen LogP) is 3.29. The Morgan fingerprint density at radius 1 is 0.947 bits per heavy atom. The summed E-state index contributed by atoms with van der Waals surface area (Å²) in [7, 11) is 0. The van der Waals surface area contributed by atoms with Gasteiger partial charge in [0.15, 0.2) is 11.9 Å². The molecule has 0 fully saturated rings. The molecule has 2 aromatic rings. The van der Waals surface area contributed by atoms with Crippen molar-refractivity contribution < 1.29 is 9.63 Å². The number of nitrogens with one attached hydrogen (secondary N) is 1. The standard InChI is InChI=1S/C16H15NO2/c18-15-11-10-12-6-4-5-9-14(12)16(15)19-17-13-7-2-1-3-8-13/h1-9,16-17H,10-11H2. The molecule has 0 heterocycles. The summed E-state index contributed by atoms with van der Waals surface area (Å²) in [5.74, 6) is 0.127. The maximum atomic E-state index is 12.0. The highest BCUT2D eigenvalue weighted by Gasteiger charge is 2.28. The van der Waals surface area contributed by atoms with Crippen LogP contribution in [0.1, 0.15) is 23.7 Å². The molecule has 1 unspecified atom stereocenters. The molecule has 1 aliphatic rings. The maximum Gasteiger partial charge on any atom is 0.169 e. The lowest BCUT2D eigenvalue weighted by Gasteiger charge is -2.24. The minimum absolute atomic E-state index is 0.127.